The maximum absolute atomic E-state index is 12.4. The molecule has 1 aliphatic carbocycles. The maximum Gasteiger partial charge on any atom is 0.223 e. The highest BCUT2D eigenvalue weighted by Gasteiger charge is 2.32. The van der Waals surface area contributed by atoms with Crippen LogP contribution in [0.15, 0.2) is 18.2 Å². The Labute approximate surface area is 149 Å². The maximum atomic E-state index is 12.4. The van der Waals surface area contributed by atoms with Gasteiger partial charge in [-0.2, -0.15) is 0 Å². The molecule has 0 spiro atoms. The van der Waals surface area contributed by atoms with Gasteiger partial charge in [-0.25, -0.2) is 9.97 Å². The zero-order valence-corrected chi connectivity index (χ0v) is 14.4. The predicted molar refractivity (Wildman–Crippen MR) is 93.5 cm³/mol. The van der Waals surface area contributed by atoms with Crippen molar-refractivity contribution >= 4 is 35.1 Å². The van der Waals surface area contributed by atoms with E-state index in [2.05, 4.69) is 9.97 Å². The van der Waals surface area contributed by atoms with Crippen molar-refractivity contribution in [3.05, 3.63) is 39.5 Å². The number of nitrogen functional groups attached to an aromatic ring is 1. The van der Waals surface area contributed by atoms with E-state index in [1.165, 1.54) is 0 Å². The average Bonchev–Trinajstić information content (AvgIpc) is 3.22. The summed E-state index contributed by atoms with van der Waals surface area (Å²) in [6.45, 7) is 0.973. The summed E-state index contributed by atoms with van der Waals surface area (Å²) in [6.07, 6.45) is 2.93. The number of carbonyl (C=O) groups excluding carboxylic acids is 1. The molecule has 1 aliphatic heterocycles. The number of hydrogen-bond donors (Lipinski definition) is 1. The first kappa shape index (κ1) is 15.7. The summed E-state index contributed by atoms with van der Waals surface area (Å²) in [7, 11) is 0. The van der Waals surface area contributed by atoms with E-state index in [0.29, 0.717) is 41.2 Å². The summed E-state index contributed by atoms with van der Waals surface area (Å²) in [5.41, 5.74) is 9.01. The molecule has 0 radical (unpaired) electrons. The van der Waals surface area contributed by atoms with E-state index in [-0.39, 0.29) is 11.9 Å². The molecule has 1 aromatic heterocycles. The number of halogens is 2. The van der Waals surface area contributed by atoms with E-state index in [4.69, 9.17) is 28.9 Å². The molecule has 1 saturated carbocycles. The lowest BCUT2D eigenvalue weighted by Crippen LogP contribution is -2.25. The highest BCUT2D eigenvalue weighted by Crippen LogP contribution is 2.37. The summed E-state index contributed by atoms with van der Waals surface area (Å²) in [4.78, 5) is 22.9. The third-order valence-corrected chi connectivity index (χ3v) is 5.05. The van der Waals surface area contributed by atoms with Crippen molar-refractivity contribution in [1.82, 2.24) is 14.9 Å². The number of rotatable bonds is 3. The third-order valence-electron chi connectivity index (χ3n) is 4.50. The average molecular weight is 363 g/mol. The molecular formula is C17H16Cl2N4O. The van der Waals surface area contributed by atoms with E-state index in [1.54, 1.807) is 12.1 Å². The van der Waals surface area contributed by atoms with Crippen LogP contribution in [-0.2, 0) is 17.9 Å². The van der Waals surface area contributed by atoms with Gasteiger partial charge in [0.25, 0.3) is 0 Å². The smallest absolute Gasteiger partial charge is 0.223 e. The van der Waals surface area contributed by atoms with Gasteiger partial charge in [-0.1, -0.05) is 23.2 Å². The van der Waals surface area contributed by atoms with Crippen molar-refractivity contribution in [3.8, 4) is 11.3 Å². The molecule has 2 aliphatic rings. The van der Waals surface area contributed by atoms with Crippen LogP contribution >= 0.6 is 23.2 Å². The number of anilines is 1. The number of carbonyl (C=O) groups is 1. The number of benzene rings is 1. The first-order valence-electron chi connectivity index (χ1n) is 7.89. The monoisotopic (exact) mass is 362 g/mol. The molecule has 1 aromatic carbocycles. The minimum atomic E-state index is 0.169. The van der Waals surface area contributed by atoms with Gasteiger partial charge in [0.2, 0.25) is 11.9 Å². The standard InChI is InChI=1S/C17H16Cl2N4O/c18-10-3-4-11(13(19)6-10)16-12-7-23(15(24)5-9-1-2-9)8-14(12)21-17(20)22-16/h3-4,6,9H,1-2,5,7-8H2,(H2,20,21,22). The van der Waals surface area contributed by atoms with Gasteiger partial charge < -0.3 is 10.6 Å². The van der Waals surface area contributed by atoms with E-state index in [9.17, 15) is 4.79 Å². The van der Waals surface area contributed by atoms with Crippen molar-refractivity contribution in [3.63, 3.8) is 0 Å². The number of nitrogens with zero attached hydrogens (tertiary/aromatic N) is 3. The molecule has 2 aromatic rings. The number of aromatic nitrogens is 2. The highest BCUT2D eigenvalue weighted by molar-refractivity contribution is 6.36. The lowest BCUT2D eigenvalue weighted by molar-refractivity contribution is -0.132. The Kier molecular flexibility index (Phi) is 3.85. The molecule has 7 heteroatoms. The van der Waals surface area contributed by atoms with Crippen LogP contribution < -0.4 is 5.73 Å². The van der Waals surface area contributed by atoms with E-state index < -0.39 is 0 Å². The molecule has 0 saturated heterocycles. The zero-order valence-electron chi connectivity index (χ0n) is 12.9. The Hall–Kier alpha value is -1.85. The Morgan fingerprint density at radius 1 is 1.25 bits per heavy atom. The van der Waals surface area contributed by atoms with Crippen molar-refractivity contribution < 1.29 is 4.79 Å². The number of nitrogens with two attached hydrogens (primary N) is 1. The summed E-state index contributed by atoms with van der Waals surface area (Å²) in [6, 6.07) is 5.26. The first-order chi connectivity index (χ1) is 11.5. The summed E-state index contributed by atoms with van der Waals surface area (Å²) < 4.78 is 0. The first-order valence-corrected chi connectivity index (χ1v) is 8.65. The fraction of sp³-hybridized carbons (Fsp3) is 0.353. The Morgan fingerprint density at radius 2 is 2.04 bits per heavy atom. The minimum absolute atomic E-state index is 0.169. The largest absolute Gasteiger partial charge is 0.368 e. The van der Waals surface area contributed by atoms with Gasteiger partial charge in [-0.05, 0) is 37.0 Å². The second kappa shape index (κ2) is 5.90. The van der Waals surface area contributed by atoms with Crippen molar-refractivity contribution in [1.29, 1.82) is 0 Å². The van der Waals surface area contributed by atoms with Crippen LogP contribution in [0.1, 0.15) is 30.5 Å². The fourth-order valence-electron chi connectivity index (χ4n) is 3.05. The van der Waals surface area contributed by atoms with Crippen LogP contribution in [0.5, 0.6) is 0 Å². The van der Waals surface area contributed by atoms with Crippen LogP contribution in [0.4, 0.5) is 5.95 Å². The van der Waals surface area contributed by atoms with Gasteiger partial charge in [0, 0.05) is 22.6 Å². The summed E-state index contributed by atoms with van der Waals surface area (Å²) >= 11 is 12.3. The molecule has 2 heterocycles. The SMILES string of the molecule is Nc1nc2c(c(-c3ccc(Cl)cc3Cl)n1)CN(C(=O)CC1CC1)C2. The Bertz CT molecular complexity index is 836. The lowest BCUT2D eigenvalue weighted by Gasteiger charge is -2.15. The van der Waals surface area contributed by atoms with Crippen LogP contribution in [0.2, 0.25) is 10.0 Å². The number of amides is 1. The molecule has 5 nitrogen and oxygen atoms in total. The van der Waals surface area contributed by atoms with Crippen molar-refractivity contribution in [2.45, 2.75) is 32.4 Å². The van der Waals surface area contributed by atoms with E-state index in [0.717, 1.165) is 29.7 Å². The molecule has 1 fully saturated rings. The second-order valence-electron chi connectivity index (χ2n) is 6.38. The molecule has 0 atom stereocenters. The Morgan fingerprint density at radius 3 is 2.75 bits per heavy atom. The molecule has 24 heavy (non-hydrogen) atoms. The van der Waals surface area contributed by atoms with Crippen LogP contribution in [-0.4, -0.2) is 20.8 Å². The quantitative estimate of drug-likeness (QED) is 0.903. The summed E-state index contributed by atoms with van der Waals surface area (Å²) in [5.74, 6) is 0.913. The van der Waals surface area contributed by atoms with Gasteiger partial charge >= 0.3 is 0 Å². The number of fused-ring (bicyclic) bond motifs is 1. The third kappa shape index (κ3) is 2.94. The lowest BCUT2D eigenvalue weighted by atomic mass is 10.1. The van der Waals surface area contributed by atoms with Gasteiger partial charge in [0.05, 0.1) is 29.5 Å². The molecular weight excluding hydrogens is 347 g/mol. The van der Waals surface area contributed by atoms with Crippen molar-refractivity contribution in [2.75, 3.05) is 5.73 Å². The van der Waals surface area contributed by atoms with Crippen LogP contribution in [0.25, 0.3) is 11.3 Å². The second-order valence-corrected chi connectivity index (χ2v) is 7.22. The molecule has 1 amide bonds. The highest BCUT2D eigenvalue weighted by atomic mass is 35.5. The predicted octanol–water partition coefficient (Wildman–Crippen LogP) is 3.67. The van der Waals surface area contributed by atoms with E-state index in [1.807, 2.05) is 11.0 Å². The molecule has 0 unspecified atom stereocenters. The normalized spacial score (nSPS) is 16.3. The fourth-order valence-corrected chi connectivity index (χ4v) is 3.55. The van der Waals surface area contributed by atoms with Gasteiger partial charge in [0.1, 0.15) is 0 Å². The summed E-state index contributed by atoms with van der Waals surface area (Å²) in [5, 5.41) is 1.06. The van der Waals surface area contributed by atoms with Gasteiger partial charge in [0.15, 0.2) is 0 Å². The van der Waals surface area contributed by atoms with Crippen LogP contribution in [0, 0.1) is 5.92 Å². The Balaban J connectivity index is 1.70. The molecule has 2 N–H and O–H groups in total. The van der Waals surface area contributed by atoms with Gasteiger partial charge in [-0.15, -0.1) is 0 Å². The van der Waals surface area contributed by atoms with E-state index >= 15 is 0 Å². The van der Waals surface area contributed by atoms with Gasteiger partial charge in [-0.3, -0.25) is 4.79 Å². The number of hydrogen-bond acceptors (Lipinski definition) is 4. The molecule has 4 rings (SSSR count). The van der Waals surface area contributed by atoms with Crippen molar-refractivity contribution in [2.24, 2.45) is 5.92 Å². The topological polar surface area (TPSA) is 72.1 Å². The molecule has 124 valence electrons. The minimum Gasteiger partial charge on any atom is -0.368 e. The zero-order chi connectivity index (χ0) is 16.8. The van der Waals surface area contributed by atoms with Crippen LogP contribution in [0.3, 0.4) is 0 Å². The molecule has 0 bridgehead atoms.